The van der Waals surface area contributed by atoms with Gasteiger partial charge in [0.1, 0.15) is 5.82 Å². The summed E-state index contributed by atoms with van der Waals surface area (Å²) in [5, 5.41) is 11.7. The predicted octanol–water partition coefficient (Wildman–Crippen LogP) is 5.47. The standard InChI is InChI=1S/C30H30F7N3O3/c1-16-8-22(31)4-5-24(16)25-12-23(39-14-21-13-28(21,15-39)26(41)42)6-7-40(25)27(43)38(3)17(2)18-9-19(29(32,33)34)11-20(10-18)30(35,36)37/h4-5,8-11,21,23,25H,2,6-7,12-15H2,1,3H3,(H,41,42)/p-1/t21-,23+,25-,28-/m1/s1. The first-order valence-electron chi connectivity index (χ1n) is 13.7. The number of fused-ring (bicyclic) bond motifs is 1. The van der Waals surface area contributed by atoms with Crippen LogP contribution in [0.15, 0.2) is 43.0 Å². The van der Waals surface area contributed by atoms with Crippen molar-refractivity contribution in [1.82, 2.24) is 14.7 Å². The number of urea groups is 1. The summed E-state index contributed by atoms with van der Waals surface area (Å²) in [7, 11) is 1.22. The van der Waals surface area contributed by atoms with Gasteiger partial charge in [-0.2, -0.15) is 26.3 Å². The zero-order valence-corrected chi connectivity index (χ0v) is 23.4. The van der Waals surface area contributed by atoms with Gasteiger partial charge in [-0.15, -0.1) is 0 Å². The van der Waals surface area contributed by atoms with Crippen LogP contribution in [0.2, 0.25) is 0 Å². The van der Waals surface area contributed by atoms with Gasteiger partial charge in [0, 0.05) is 49.8 Å². The van der Waals surface area contributed by atoms with Crippen molar-refractivity contribution in [2.75, 3.05) is 26.7 Å². The molecule has 3 fully saturated rings. The molecular formula is C30H29F7N3O3-. The minimum atomic E-state index is -5.07. The van der Waals surface area contributed by atoms with Crippen LogP contribution in [0, 0.1) is 24.1 Å². The lowest BCUT2D eigenvalue weighted by molar-refractivity contribution is -0.313. The summed E-state index contributed by atoms with van der Waals surface area (Å²) in [5.74, 6) is -1.58. The van der Waals surface area contributed by atoms with E-state index in [9.17, 15) is 45.4 Å². The van der Waals surface area contributed by atoms with Crippen molar-refractivity contribution in [2.45, 2.75) is 50.6 Å². The molecule has 4 atom stereocenters. The van der Waals surface area contributed by atoms with Crippen molar-refractivity contribution in [3.05, 3.63) is 76.6 Å². The van der Waals surface area contributed by atoms with E-state index in [2.05, 4.69) is 11.5 Å². The third-order valence-electron chi connectivity index (χ3n) is 9.12. The number of benzene rings is 2. The number of nitrogens with zero attached hydrogens (tertiary/aromatic N) is 3. The molecular weight excluding hydrogens is 583 g/mol. The normalized spacial score (nSPS) is 25.8. The van der Waals surface area contributed by atoms with Crippen molar-refractivity contribution in [3.8, 4) is 0 Å². The summed E-state index contributed by atoms with van der Waals surface area (Å²) in [6, 6.07) is 3.67. The SMILES string of the molecule is C=C(c1cc(C(F)(F)F)cc(C(F)(F)F)c1)N(C)C(=O)N1CC[C@H](N2C[C@H]3C[C@@]3(C(=O)[O-])C2)C[C@@H]1c1ccc(F)cc1C. The topological polar surface area (TPSA) is 66.9 Å². The van der Waals surface area contributed by atoms with E-state index in [-0.39, 0.29) is 30.3 Å². The first-order valence-corrected chi connectivity index (χ1v) is 13.7. The summed E-state index contributed by atoms with van der Waals surface area (Å²) in [6.45, 7) is 6.36. The Morgan fingerprint density at radius 1 is 1.05 bits per heavy atom. The van der Waals surface area contributed by atoms with Crippen LogP contribution in [0.3, 0.4) is 0 Å². The van der Waals surface area contributed by atoms with E-state index in [1.807, 2.05) is 0 Å². The molecule has 1 saturated carbocycles. The monoisotopic (exact) mass is 612 g/mol. The highest BCUT2D eigenvalue weighted by molar-refractivity contribution is 5.85. The van der Waals surface area contributed by atoms with Crippen LogP contribution in [-0.4, -0.2) is 59.4 Å². The maximum atomic E-state index is 14.0. The molecule has 0 aromatic heterocycles. The van der Waals surface area contributed by atoms with E-state index >= 15 is 0 Å². The molecule has 2 amide bonds. The number of carbonyl (C=O) groups is 2. The van der Waals surface area contributed by atoms with Crippen LogP contribution in [0.5, 0.6) is 0 Å². The Bertz CT molecular complexity index is 1440. The molecule has 1 aliphatic carbocycles. The summed E-state index contributed by atoms with van der Waals surface area (Å²) >= 11 is 0. The molecule has 0 radical (unpaired) electrons. The molecule has 0 unspecified atom stereocenters. The fourth-order valence-corrected chi connectivity index (χ4v) is 6.55. The molecule has 2 aromatic carbocycles. The van der Waals surface area contributed by atoms with E-state index in [4.69, 9.17) is 0 Å². The lowest BCUT2D eigenvalue weighted by Crippen LogP contribution is -2.51. The Morgan fingerprint density at radius 2 is 1.67 bits per heavy atom. The maximum absolute atomic E-state index is 14.0. The van der Waals surface area contributed by atoms with Crippen molar-refractivity contribution in [2.24, 2.45) is 11.3 Å². The Labute approximate surface area is 243 Å². The largest absolute Gasteiger partial charge is 0.549 e. The van der Waals surface area contributed by atoms with E-state index < -0.39 is 58.3 Å². The fraction of sp³-hybridized carbons (Fsp3) is 0.467. The number of alkyl halides is 6. The molecule has 2 aromatic rings. The van der Waals surface area contributed by atoms with Gasteiger partial charge in [0.15, 0.2) is 0 Å². The molecule has 13 heteroatoms. The van der Waals surface area contributed by atoms with Gasteiger partial charge in [-0.25, -0.2) is 9.18 Å². The minimum Gasteiger partial charge on any atom is -0.549 e. The molecule has 0 N–H and O–H groups in total. The quantitative estimate of drug-likeness (QED) is 0.420. The van der Waals surface area contributed by atoms with E-state index in [0.29, 0.717) is 55.6 Å². The van der Waals surface area contributed by atoms with E-state index in [0.717, 1.165) is 4.90 Å². The van der Waals surface area contributed by atoms with Gasteiger partial charge in [0.25, 0.3) is 0 Å². The summed E-state index contributed by atoms with van der Waals surface area (Å²) in [5.41, 5.74) is -3.65. The predicted molar refractivity (Wildman–Crippen MR) is 139 cm³/mol. The number of piperidine rings is 2. The fourth-order valence-electron chi connectivity index (χ4n) is 6.55. The second kappa shape index (κ2) is 10.5. The van der Waals surface area contributed by atoms with Crippen molar-refractivity contribution in [3.63, 3.8) is 0 Å². The van der Waals surface area contributed by atoms with Crippen molar-refractivity contribution < 1.29 is 45.4 Å². The first kappa shape index (κ1) is 30.8. The van der Waals surface area contributed by atoms with E-state index in [1.54, 1.807) is 13.0 Å². The lowest BCUT2D eigenvalue weighted by Gasteiger charge is -2.45. The molecule has 2 heterocycles. The van der Waals surface area contributed by atoms with Crippen molar-refractivity contribution in [1.29, 1.82) is 0 Å². The second-order valence-electron chi connectivity index (χ2n) is 11.7. The van der Waals surface area contributed by atoms with Gasteiger partial charge in [-0.05, 0) is 79.1 Å². The number of carboxylic acid groups (broad SMARTS) is 1. The number of hydrogen-bond donors (Lipinski definition) is 0. The Morgan fingerprint density at radius 3 is 2.21 bits per heavy atom. The van der Waals surface area contributed by atoms with Crippen LogP contribution >= 0.6 is 0 Å². The summed E-state index contributed by atoms with van der Waals surface area (Å²) < 4.78 is 94.8. The van der Waals surface area contributed by atoms with Gasteiger partial charge >= 0.3 is 18.4 Å². The highest BCUT2D eigenvalue weighted by Crippen LogP contribution is 2.58. The number of halogens is 7. The Kier molecular flexibility index (Phi) is 7.55. The van der Waals surface area contributed by atoms with Gasteiger partial charge in [0.05, 0.1) is 17.2 Å². The molecule has 2 aliphatic heterocycles. The third kappa shape index (κ3) is 5.71. The smallest absolute Gasteiger partial charge is 0.416 e. The number of aryl methyl sites for hydroxylation is 1. The molecule has 0 spiro atoms. The van der Waals surface area contributed by atoms with Crippen molar-refractivity contribution >= 4 is 17.7 Å². The maximum Gasteiger partial charge on any atom is 0.416 e. The van der Waals surface area contributed by atoms with Crippen LogP contribution < -0.4 is 5.11 Å². The summed E-state index contributed by atoms with van der Waals surface area (Å²) in [6.07, 6.45) is -8.78. The Hall–Kier alpha value is -3.61. The molecule has 232 valence electrons. The number of aliphatic carboxylic acids is 1. The number of carbonyl (C=O) groups excluding carboxylic acids is 2. The number of likely N-dealkylation sites (tertiary alicyclic amines) is 2. The highest BCUT2D eigenvalue weighted by Gasteiger charge is 2.62. The molecule has 6 nitrogen and oxygen atoms in total. The molecule has 5 rings (SSSR count). The van der Waals surface area contributed by atoms with Crippen LogP contribution in [0.4, 0.5) is 35.5 Å². The average molecular weight is 613 g/mol. The van der Waals surface area contributed by atoms with Gasteiger partial charge in [-0.3, -0.25) is 9.80 Å². The van der Waals surface area contributed by atoms with Gasteiger partial charge in [0.2, 0.25) is 0 Å². The van der Waals surface area contributed by atoms with Crippen LogP contribution in [-0.2, 0) is 17.1 Å². The number of hydrogen-bond acceptors (Lipinski definition) is 4. The zero-order chi connectivity index (χ0) is 31.6. The molecule has 3 aliphatic rings. The van der Waals surface area contributed by atoms with Gasteiger partial charge in [-0.1, -0.05) is 12.6 Å². The number of amides is 2. The average Bonchev–Trinajstić information content (AvgIpc) is 3.51. The van der Waals surface area contributed by atoms with E-state index in [1.165, 1.54) is 24.1 Å². The lowest BCUT2D eigenvalue weighted by atomic mass is 9.88. The third-order valence-corrected chi connectivity index (χ3v) is 9.12. The Balaban J connectivity index is 1.43. The summed E-state index contributed by atoms with van der Waals surface area (Å²) in [4.78, 5) is 30.0. The first-order chi connectivity index (χ1) is 19.9. The minimum absolute atomic E-state index is 0.00355. The van der Waals surface area contributed by atoms with Gasteiger partial charge < -0.3 is 14.8 Å². The highest BCUT2D eigenvalue weighted by atomic mass is 19.4. The molecule has 0 bridgehead atoms. The van der Waals surface area contributed by atoms with Crippen LogP contribution in [0.25, 0.3) is 5.70 Å². The molecule has 43 heavy (non-hydrogen) atoms. The molecule has 2 saturated heterocycles. The zero-order valence-electron chi connectivity index (χ0n) is 23.4. The number of carboxylic acids is 1. The second-order valence-corrected chi connectivity index (χ2v) is 11.7. The van der Waals surface area contributed by atoms with Crippen LogP contribution in [0.1, 0.15) is 53.1 Å². The number of rotatable bonds is 5.